The monoisotopic (exact) mass is 382 g/mol. The van der Waals surface area contributed by atoms with Gasteiger partial charge in [-0.05, 0) is 35.4 Å². The third-order valence-electron chi connectivity index (χ3n) is 2.61. The molecule has 2 rings (SSSR count). The first kappa shape index (κ1) is 14.5. The van der Waals surface area contributed by atoms with Gasteiger partial charge in [0.1, 0.15) is 11.5 Å². The van der Waals surface area contributed by atoms with E-state index in [2.05, 4.69) is 31.9 Å². The van der Waals surface area contributed by atoms with Gasteiger partial charge in [0.15, 0.2) is 0 Å². The summed E-state index contributed by atoms with van der Waals surface area (Å²) >= 11 is 6.82. The van der Waals surface area contributed by atoms with Crippen LogP contribution in [0.2, 0.25) is 0 Å². The first-order chi connectivity index (χ1) is 9.31. The number of benzene rings is 2. The molecule has 0 atom stereocenters. The number of alkyl halides is 2. The predicted octanol–water partition coefficient (Wildman–Crippen LogP) is 4.20. The Morgan fingerprint density at radius 3 is 1.37 bits per heavy atom. The molecule has 2 aromatic rings. The summed E-state index contributed by atoms with van der Waals surface area (Å²) in [5, 5.41) is 1.70. The smallest absolute Gasteiger partial charge is 0.529 e. The highest BCUT2D eigenvalue weighted by Gasteiger charge is 2.00. The summed E-state index contributed by atoms with van der Waals surface area (Å²) in [4.78, 5) is 0. The van der Waals surface area contributed by atoms with E-state index in [1.165, 1.54) is 11.1 Å². The molecule has 0 aliphatic heterocycles. The number of halogens is 2. The van der Waals surface area contributed by atoms with Crippen LogP contribution in [0.3, 0.4) is 0 Å². The molecule has 0 aliphatic carbocycles. The molecular weight excluding hydrogens is 371 g/mol. The lowest BCUT2D eigenvalue weighted by molar-refractivity contribution is 0.459. The first-order valence-corrected chi connectivity index (χ1v) is 8.11. The van der Waals surface area contributed by atoms with E-state index in [1.54, 1.807) is 0 Å². The molecule has 2 aromatic carbocycles. The molecule has 0 unspecified atom stereocenters. The second-order valence-electron chi connectivity index (χ2n) is 3.96. The van der Waals surface area contributed by atoms with Gasteiger partial charge >= 0.3 is 7.69 Å². The maximum absolute atomic E-state index is 5.52. The molecule has 0 aromatic heterocycles. The lowest BCUT2D eigenvalue weighted by Crippen LogP contribution is -2.10. The molecule has 0 saturated heterocycles. The van der Waals surface area contributed by atoms with Crippen LogP contribution < -0.4 is 9.31 Å². The van der Waals surface area contributed by atoms with Crippen LogP contribution in [0.25, 0.3) is 0 Å². The molecule has 0 aliphatic rings. The van der Waals surface area contributed by atoms with Crippen molar-refractivity contribution < 1.29 is 9.31 Å². The zero-order valence-corrected chi connectivity index (χ0v) is 13.5. The largest absolute Gasteiger partial charge is 0.576 e. The average Bonchev–Trinajstić information content (AvgIpc) is 2.49. The fourth-order valence-corrected chi connectivity index (χ4v) is 2.26. The van der Waals surface area contributed by atoms with Gasteiger partial charge in [-0.3, -0.25) is 0 Å². The molecule has 5 heteroatoms. The Balaban J connectivity index is 1.81. The van der Waals surface area contributed by atoms with Crippen LogP contribution in [0.1, 0.15) is 11.1 Å². The Morgan fingerprint density at radius 1 is 0.684 bits per heavy atom. The highest BCUT2D eigenvalue weighted by molar-refractivity contribution is 9.08. The SMILES string of the molecule is BrCc1ccc(OBOc2ccc(CBr)cc2)cc1. The fraction of sp³-hybridized carbons (Fsp3) is 0.143. The second kappa shape index (κ2) is 7.60. The third-order valence-corrected chi connectivity index (χ3v) is 3.90. The highest BCUT2D eigenvalue weighted by atomic mass is 79.9. The van der Waals surface area contributed by atoms with Crippen molar-refractivity contribution in [1.82, 2.24) is 0 Å². The van der Waals surface area contributed by atoms with E-state index < -0.39 is 0 Å². The van der Waals surface area contributed by atoms with E-state index in [0.717, 1.165) is 22.2 Å². The van der Waals surface area contributed by atoms with Gasteiger partial charge in [-0.1, -0.05) is 56.1 Å². The molecule has 0 saturated carbocycles. The van der Waals surface area contributed by atoms with Crippen LogP contribution in [-0.2, 0) is 10.7 Å². The first-order valence-electron chi connectivity index (χ1n) is 5.87. The highest BCUT2D eigenvalue weighted by Crippen LogP contribution is 2.16. The zero-order valence-electron chi connectivity index (χ0n) is 10.3. The molecule has 0 spiro atoms. The third kappa shape index (κ3) is 4.58. The molecule has 2 nitrogen and oxygen atoms in total. The van der Waals surface area contributed by atoms with Crippen LogP contribution in [0.15, 0.2) is 48.5 Å². The van der Waals surface area contributed by atoms with Crippen molar-refractivity contribution >= 4 is 39.5 Å². The van der Waals surface area contributed by atoms with Gasteiger partial charge in [0.2, 0.25) is 0 Å². The van der Waals surface area contributed by atoms with Gasteiger partial charge in [0, 0.05) is 10.7 Å². The molecule has 0 radical (unpaired) electrons. The van der Waals surface area contributed by atoms with Crippen LogP contribution >= 0.6 is 31.9 Å². The van der Waals surface area contributed by atoms with Crippen LogP contribution in [0, 0.1) is 0 Å². The Hall–Kier alpha value is -0.935. The summed E-state index contributed by atoms with van der Waals surface area (Å²) in [7, 11) is 0.210. The average molecular weight is 384 g/mol. The molecule has 98 valence electrons. The van der Waals surface area contributed by atoms with Gasteiger partial charge in [0.25, 0.3) is 0 Å². The lowest BCUT2D eigenvalue weighted by atomic mass is 10.2. The van der Waals surface area contributed by atoms with Crippen molar-refractivity contribution in [2.45, 2.75) is 10.7 Å². The minimum atomic E-state index is 0.210. The van der Waals surface area contributed by atoms with E-state index >= 15 is 0 Å². The quantitative estimate of drug-likeness (QED) is 0.549. The lowest BCUT2D eigenvalue weighted by Gasteiger charge is -2.08. The Kier molecular flexibility index (Phi) is 5.79. The molecule has 0 N–H and O–H groups in total. The molecule has 19 heavy (non-hydrogen) atoms. The van der Waals surface area contributed by atoms with E-state index in [4.69, 9.17) is 9.31 Å². The van der Waals surface area contributed by atoms with Crippen molar-refractivity contribution in [3.05, 3.63) is 59.7 Å². The minimum absolute atomic E-state index is 0.210. The standard InChI is InChI=1S/C14H13BBr2O2/c16-9-11-1-5-13(6-2-11)18-15-19-14-7-3-12(10-17)4-8-14/h1-8,15H,9-10H2. The Labute approximate surface area is 130 Å². The topological polar surface area (TPSA) is 18.5 Å². The summed E-state index contributed by atoms with van der Waals surface area (Å²) in [6.07, 6.45) is 0. The van der Waals surface area contributed by atoms with E-state index in [9.17, 15) is 0 Å². The maximum atomic E-state index is 5.52. The number of hydrogen-bond donors (Lipinski definition) is 0. The predicted molar refractivity (Wildman–Crippen MR) is 86.6 cm³/mol. The van der Waals surface area contributed by atoms with Crippen molar-refractivity contribution in [2.24, 2.45) is 0 Å². The molecule has 0 heterocycles. The van der Waals surface area contributed by atoms with Crippen molar-refractivity contribution in [3.8, 4) is 11.5 Å². The summed E-state index contributed by atoms with van der Waals surface area (Å²) in [5.74, 6) is 1.61. The Bertz CT molecular complexity index is 452. The minimum Gasteiger partial charge on any atom is -0.529 e. The van der Waals surface area contributed by atoms with Gasteiger partial charge in [-0.25, -0.2) is 0 Å². The molecular formula is C14H13BBr2O2. The van der Waals surface area contributed by atoms with E-state index in [1.807, 2.05) is 48.5 Å². The summed E-state index contributed by atoms with van der Waals surface area (Å²) in [6, 6.07) is 15.8. The maximum Gasteiger partial charge on any atom is 0.576 e. The summed E-state index contributed by atoms with van der Waals surface area (Å²) in [6.45, 7) is 0. The molecule has 0 amide bonds. The van der Waals surface area contributed by atoms with Crippen molar-refractivity contribution in [2.75, 3.05) is 0 Å². The van der Waals surface area contributed by atoms with E-state index in [-0.39, 0.29) is 7.69 Å². The van der Waals surface area contributed by atoms with Crippen molar-refractivity contribution in [3.63, 3.8) is 0 Å². The summed E-state index contributed by atoms with van der Waals surface area (Å²) in [5.41, 5.74) is 2.44. The van der Waals surface area contributed by atoms with Gasteiger partial charge in [0.05, 0.1) is 0 Å². The Morgan fingerprint density at radius 2 is 1.05 bits per heavy atom. The summed E-state index contributed by atoms with van der Waals surface area (Å²) < 4.78 is 11.0. The fourth-order valence-electron chi connectivity index (χ4n) is 1.52. The van der Waals surface area contributed by atoms with Gasteiger partial charge < -0.3 is 9.31 Å². The normalized spacial score (nSPS) is 10.0. The molecule has 0 bridgehead atoms. The molecule has 0 fully saturated rings. The van der Waals surface area contributed by atoms with E-state index in [0.29, 0.717) is 0 Å². The number of hydrogen-bond acceptors (Lipinski definition) is 2. The van der Waals surface area contributed by atoms with Crippen molar-refractivity contribution in [1.29, 1.82) is 0 Å². The van der Waals surface area contributed by atoms with Crippen LogP contribution in [0.5, 0.6) is 11.5 Å². The zero-order chi connectivity index (χ0) is 13.5. The second-order valence-corrected chi connectivity index (χ2v) is 5.08. The number of rotatable bonds is 6. The van der Waals surface area contributed by atoms with Crippen LogP contribution in [-0.4, -0.2) is 7.69 Å². The van der Waals surface area contributed by atoms with Crippen LogP contribution in [0.4, 0.5) is 0 Å². The van der Waals surface area contributed by atoms with Gasteiger partial charge in [-0.2, -0.15) is 0 Å². The van der Waals surface area contributed by atoms with Gasteiger partial charge in [-0.15, -0.1) is 0 Å².